The fourth-order valence-corrected chi connectivity index (χ4v) is 4.29. The number of anilines is 2. The molecular formula is C17H25N7O3S2. The number of sulfonamides is 1. The maximum Gasteiger partial charge on any atom is 0.242 e. The molecule has 0 unspecified atom stereocenters. The zero-order valence-corrected chi connectivity index (χ0v) is 18.4. The zero-order valence-electron chi connectivity index (χ0n) is 16.8. The lowest BCUT2D eigenvalue weighted by Gasteiger charge is -2.20. The van der Waals surface area contributed by atoms with Gasteiger partial charge in [-0.05, 0) is 31.0 Å². The number of thioether (sulfide) groups is 1. The number of hydrogen-bond donors (Lipinski definition) is 2. The summed E-state index contributed by atoms with van der Waals surface area (Å²) < 4.78 is 27.4. The summed E-state index contributed by atoms with van der Waals surface area (Å²) >= 11 is 1.18. The first-order chi connectivity index (χ1) is 13.6. The normalized spacial score (nSPS) is 14.2. The zero-order chi connectivity index (χ0) is 21.3. The molecule has 1 aliphatic carbocycles. The third-order valence-corrected chi connectivity index (χ3v) is 7.22. The Morgan fingerprint density at radius 2 is 1.97 bits per heavy atom. The van der Waals surface area contributed by atoms with Crippen LogP contribution in [-0.4, -0.2) is 67.4 Å². The molecule has 3 rings (SSSR count). The van der Waals surface area contributed by atoms with E-state index in [4.69, 9.17) is 5.84 Å². The first kappa shape index (κ1) is 21.4. The minimum absolute atomic E-state index is 0.0670. The van der Waals surface area contributed by atoms with Crippen LogP contribution in [0.15, 0.2) is 28.3 Å². The maximum atomic E-state index is 12.5. The van der Waals surface area contributed by atoms with Crippen molar-refractivity contribution in [1.29, 1.82) is 0 Å². The molecule has 1 aromatic carbocycles. The second-order valence-electron chi connectivity index (χ2n) is 7.18. The van der Waals surface area contributed by atoms with Gasteiger partial charge in [0.2, 0.25) is 21.1 Å². The van der Waals surface area contributed by atoms with Gasteiger partial charge in [-0.25, -0.2) is 17.4 Å². The van der Waals surface area contributed by atoms with Crippen LogP contribution in [0.5, 0.6) is 0 Å². The highest BCUT2D eigenvalue weighted by atomic mass is 32.2. The average Bonchev–Trinajstić information content (AvgIpc) is 3.42. The number of nitrogens with two attached hydrogens (primary N) is 1. The minimum Gasteiger partial charge on any atom is -0.376 e. The van der Waals surface area contributed by atoms with Crippen molar-refractivity contribution in [3.05, 3.63) is 24.0 Å². The molecule has 0 bridgehead atoms. The third kappa shape index (κ3) is 4.65. The summed E-state index contributed by atoms with van der Waals surface area (Å²) in [4.78, 5) is 14.4. The van der Waals surface area contributed by atoms with Crippen LogP contribution in [0.2, 0.25) is 0 Å². The molecule has 29 heavy (non-hydrogen) atoms. The summed E-state index contributed by atoms with van der Waals surface area (Å²) in [5.74, 6) is 6.87. The van der Waals surface area contributed by atoms with Crippen LogP contribution in [0.3, 0.4) is 0 Å². The Labute approximate surface area is 174 Å². The molecule has 0 aliphatic heterocycles. The van der Waals surface area contributed by atoms with E-state index in [0.29, 0.717) is 22.4 Å². The number of benzene rings is 1. The van der Waals surface area contributed by atoms with E-state index in [2.05, 4.69) is 15.5 Å². The highest BCUT2D eigenvalue weighted by Crippen LogP contribution is 2.39. The summed E-state index contributed by atoms with van der Waals surface area (Å²) in [6.45, 7) is 0. The van der Waals surface area contributed by atoms with Gasteiger partial charge in [-0.15, -0.1) is 10.2 Å². The highest BCUT2D eigenvalue weighted by Gasteiger charge is 2.30. The number of carbonyl (C=O) groups excluding carboxylic acids is 1. The van der Waals surface area contributed by atoms with Gasteiger partial charge < -0.3 is 16.1 Å². The van der Waals surface area contributed by atoms with Crippen molar-refractivity contribution >= 4 is 39.1 Å². The number of nitrogens with zero attached hydrogens (tertiary/aromatic N) is 5. The topological polar surface area (TPSA) is 126 Å². The van der Waals surface area contributed by atoms with Crippen LogP contribution in [0.25, 0.3) is 0 Å². The van der Waals surface area contributed by atoms with Gasteiger partial charge in [-0.3, -0.25) is 4.79 Å². The van der Waals surface area contributed by atoms with E-state index in [1.807, 2.05) is 14.1 Å². The number of nitrogens with one attached hydrogen (secondary N) is 1. The van der Waals surface area contributed by atoms with Gasteiger partial charge in [0, 0.05) is 34.1 Å². The fourth-order valence-electron chi connectivity index (χ4n) is 2.70. The van der Waals surface area contributed by atoms with Crippen molar-refractivity contribution in [2.45, 2.75) is 28.8 Å². The van der Waals surface area contributed by atoms with Crippen LogP contribution < -0.4 is 16.1 Å². The minimum atomic E-state index is -3.62. The summed E-state index contributed by atoms with van der Waals surface area (Å²) in [5, 5.41) is 11.4. The fraction of sp³-hybridized carbons (Fsp3) is 0.471. The predicted octanol–water partition coefficient (Wildman–Crippen LogP) is 0.916. The number of aromatic nitrogens is 3. The van der Waals surface area contributed by atoms with E-state index in [-0.39, 0.29) is 16.6 Å². The van der Waals surface area contributed by atoms with Crippen molar-refractivity contribution in [1.82, 2.24) is 19.2 Å². The molecule has 1 fully saturated rings. The van der Waals surface area contributed by atoms with Gasteiger partial charge in [0.05, 0.1) is 22.0 Å². The van der Waals surface area contributed by atoms with Crippen LogP contribution in [0.1, 0.15) is 24.6 Å². The van der Waals surface area contributed by atoms with E-state index >= 15 is 0 Å². The lowest BCUT2D eigenvalue weighted by atomic mass is 10.2. The number of rotatable bonds is 8. The molecule has 0 saturated heterocycles. The van der Waals surface area contributed by atoms with Crippen molar-refractivity contribution < 1.29 is 13.2 Å². The lowest BCUT2D eigenvalue weighted by molar-refractivity contribution is -0.113. The lowest BCUT2D eigenvalue weighted by Crippen LogP contribution is -2.23. The Balaban J connectivity index is 1.74. The van der Waals surface area contributed by atoms with Crippen LogP contribution in [-0.2, 0) is 14.8 Å². The molecule has 2 aromatic rings. The molecule has 0 atom stereocenters. The number of hydrogen-bond acceptors (Lipinski definition) is 8. The first-order valence-electron chi connectivity index (χ1n) is 8.98. The van der Waals surface area contributed by atoms with Crippen molar-refractivity contribution in [2.75, 3.05) is 50.0 Å². The Morgan fingerprint density at radius 3 is 2.55 bits per heavy atom. The van der Waals surface area contributed by atoms with E-state index in [1.54, 1.807) is 11.0 Å². The van der Waals surface area contributed by atoms with E-state index in [9.17, 15) is 13.2 Å². The number of amides is 1. The highest BCUT2D eigenvalue weighted by molar-refractivity contribution is 7.99. The second-order valence-corrected chi connectivity index (χ2v) is 10.3. The molecule has 1 saturated carbocycles. The van der Waals surface area contributed by atoms with E-state index < -0.39 is 10.0 Å². The van der Waals surface area contributed by atoms with Gasteiger partial charge in [-0.2, -0.15) is 0 Å². The molecule has 0 spiro atoms. The summed E-state index contributed by atoms with van der Waals surface area (Å²) in [6, 6.07) is 4.65. The molecule has 1 aromatic heterocycles. The predicted molar refractivity (Wildman–Crippen MR) is 113 cm³/mol. The smallest absolute Gasteiger partial charge is 0.242 e. The Morgan fingerprint density at radius 1 is 1.28 bits per heavy atom. The molecular weight excluding hydrogens is 414 g/mol. The Kier molecular flexibility index (Phi) is 6.05. The molecule has 12 heteroatoms. The number of nitrogen functional groups attached to an aromatic ring is 1. The second kappa shape index (κ2) is 8.20. The van der Waals surface area contributed by atoms with Crippen LogP contribution in [0, 0.1) is 0 Å². The van der Waals surface area contributed by atoms with Gasteiger partial charge in [-0.1, -0.05) is 11.8 Å². The van der Waals surface area contributed by atoms with Crippen LogP contribution >= 0.6 is 11.8 Å². The van der Waals surface area contributed by atoms with E-state index in [1.165, 1.54) is 42.7 Å². The maximum absolute atomic E-state index is 12.5. The third-order valence-electron chi connectivity index (χ3n) is 4.47. The molecule has 1 heterocycles. The summed E-state index contributed by atoms with van der Waals surface area (Å²) in [7, 11) is 2.94. The van der Waals surface area contributed by atoms with Crippen molar-refractivity contribution in [3.8, 4) is 0 Å². The van der Waals surface area contributed by atoms with E-state index in [0.717, 1.165) is 23.0 Å². The van der Waals surface area contributed by atoms with Gasteiger partial charge in [0.1, 0.15) is 0 Å². The Bertz CT molecular complexity index is 1010. The van der Waals surface area contributed by atoms with Crippen molar-refractivity contribution in [3.63, 3.8) is 0 Å². The molecule has 0 radical (unpaired) electrons. The standard InChI is InChI=1S/C17H25N7O3S2/c1-22(2)14-8-7-12(29(26,27)23(3)4)9-13(14)19-15(25)10-28-17-21-20-16(24(17)18)11-5-6-11/h7-9,11H,5-6,10,18H2,1-4H3,(H,19,25). The summed E-state index contributed by atoms with van der Waals surface area (Å²) in [5.41, 5.74) is 1.11. The van der Waals surface area contributed by atoms with Gasteiger partial charge in [0.25, 0.3) is 0 Å². The molecule has 3 N–H and O–H groups in total. The number of carbonyl (C=O) groups is 1. The SMILES string of the molecule is CN(C)c1ccc(S(=O)(=O)N(C)C)cc1NC(=O)CSc1nnc(C2CC2)n1N. The Hall–Kier alpha value is -2.31. The van der Waals surface area contributed by atoms with Crippen LogP contribution in [0.4, 0.5) is 11.4 Å². The average molecular weight is 440 g/mol. The molecule has 1 aliphatic rings. The largest absolute Gasteiger partial charge is 0.376 e. The quantitative estimate of drug-likeness (QED) is 0.459. The monoisotopic (exact) mass is 439 g/mol. The summed E-state index contributed by atoms with van der Waals surface area (Å²) in [6.07, 6.45) is 2.11. The molecule has 158 valence electrons. The van der Waals surface area contributed by atoms with Gasteiger partial charge >= 0.3 is 0 Å². The molecule has 1 amide bonds. The van der Waals surface area contributed by atoms with Gasteiger partial charge in [0.15, 0.2) is 5.82 Å². The van der Waals surface area contributed by atoms with Crippen molar-refractivity contribution in [2.24, 2.45) is 0 Å². The first-order valence-corrected chi connectivity index (χ1v) is 11.4. The molecule has 10 nitrogen and oxygen atoms in total.